The summed E-state index contributed by atoms with van der Waals surface area (Å²) in [6.07, 6.45) is 1.77. The maximum absolute atomic E-state index is 5.28. The zero-order valence-electron chi connectivity index (χ0n) is 4.26. The van der Waals surface area contributed by atoms with Crippen molar-refractivity contribution in [3.63, 3.8) is 0 Å². The first-order chi connectivity index (χ1) is 3.47. The van der Waals surface area contributed by atoms with Crippen molar-refractivity contribution in [2.75, 3.05) is 19.7 Å². The first kappa shape index (κ1) is 3.87. The van der Waals surface area contributed by atoms with Gasteiger partial charge in [0.2, 0.25) is 0 Å². The maximum atomic E-state index is 5.28. The van der Waals surface area contributed by atoms with Crippen LogP contribution in [0.15, 0.2) is 0 Å². The third kappa shape index (κ3) is 0.545. The van der Waals surface area contributed by atoms with E-state index in [0.717, 1.165) is 6.61 Å². The van der Waals surface area contributed by atoms with Crippen LogP contribution in [0.4, 0.5) is 0 Å². The molecule has 2 unspecified atom stereocenters. The quantitative estimate of drug-likeness (QED) is 0.398. The molecule has 40 valence electrons. The molecular weight excluding hydrogens is 90.1 g/mol. The molecule has 0 bridgehead atoms. The van der Waals surface area contributed by atoms with Crippen LogP contribution in [0.3, 0.4) is 0 Å². The van der Waals surface area contributed by atoms with Gasteiger partial charge in [-0.25, -0.2) is 0 Å². The van der Waals surface area contributed by atoms with E-state index in [-0.39, 0.29) is 0 Å². The van der Waals surface area contributed by atoms with Crippen LogP contribution >= 0.6 is 0 Å². The summed E-state index contributed by atoms with van der Waals surface area (Å²) in [7, 11) is 0. The predicted octanol–water partition coefficient (Wildman–Crippen LogP) is 0.0484. The Labute approximate surface area is 43.1 Å². The molecule has 2 fully saturated rings. The van der Waals surface area contributed by atoms with Gasteiger partial charge >= 0.3 is 0 Å². The van der Waals surface area contributed by atoms with Crippen LogP contribution < -0.4 is 0 Å². The molecule has 2 aliphatic heterocycles. The van der Waals surface area contributed by atoms with Crippen molar-refractivity contribution in [2.24, 2.45) is 0 Å². The minimum atomic E-state index is 0.536. The lowest BCUT2D eigenvalue weighted by Crippen LogP contribution is -2.15. The lowest BCUT2D eigenvalue weighted by molar-refractivity contribution is 0.0491. The van der Waals surface area contributed by atoms with Gasteiger partial charge in [0.1, 0.15) is 6.23 Å². The number of fused-ring (bicyclic) bond motifs is 1. The third-order valence-corrected chi connectivity index (χ3v) is 1.56. The van der Waals surface area contributed by atoms with E-state index in [4.69, 9.17) is 4.74 Å². The number of hydrogen-bond donors (Lipinski definition) is 0. The highest BCUT2D eigenvalue weighted by molar-refractivity contribution is 4.83. The standard InChI is InChI=1S/C5H9NO/c1-2-6-4-5(6)7-3-1/h5H,1-4H2. The van der Waals surface area contributed by atoms with Crippen molar-refractivity contribution in [3.05, 3.63) is 0 Å². The molecule has 2 heteroatoms. The smallest absolute Gasteiger partial charge is 0.123 e. The van der Waals surface area contributed by atoms with Gasteiger partial charge in [0.15, 0.2) is 0 Å². The minimum absolute atomic E-state index is 0.536. The van der Waals surface area contributed by atoms with Gasteiger partial charge in [0.25, 0.3) is 0 Å². The Kier molecular flexibility index (Phi) is 0.664. The number of rotatable bonds is 0. The lowest BCUT2D eigenvalue weighted by Gasteiger charge is -2.09. The molecule has 0 aromatic heterocycles. The molecule has 2 saturated heterocycles. The molecule has 2 heterocycles. The van der Waals surface area contributed by atoms with Crippen molar-refractivity contribution in [3.8, 4) is 0 Å². The van der Waals surface area contributed by atoms with Gasteiger partial charge in [-0.3, -0.25) is 4.90 Å². The van der Waals surface area contributed by atoms with Crippen molar-refractivity contribution in [1.29, 1.82) is 0 Å². The van der Waals surface area contributed by atoms with E-state index in [1.807, 2.05) is 0 Å². The highest BCUT2D eigenvalue weighted by Crippen LogP contribution is 2.22. The predicted molar refractivity (Wildman–Crippen MR) is 25.9 cm³/mol. The molecule has 2 rings (SSSR count). The molecule has 0 aliphatic carbocycles. The summed E-state index contributed by atoms with van der Waals surface area (Å²) in [6, 6.07) is 0. The molecule has 2 atom stereocenters. The topological polar surface area (TPSA) is 12.2 Å². The fourth-order valence-electron chi connectivity index (χ4n) is 1.03. The first-order valence-electron chi connectivity index (χ1n) is 2.82. The summed E-state index contributed by atoms with van der Waals surface area (Å²) in [5.74, 6) is 0. The summed E-state index contributed by atoms with van der Waals surface area (Å²) in [5, 5.41) is 0. The van der Waals surface area contributed by atoms with E-state index < -0.39 is 0 Å². The van der Waals surface area contributed by atoms with Crippen LogP contribution in [-0.4, -0.2) is 30.8 Å². The Morgan fingerprint density at radius 3 is 3.14 bits per heavy atom. The van der Waals surface area contributed by atoms with Crippen molar-refractivity contribution < 1.29 is 4.74 Å². The molecule has 0 amide bonds. The van der Waals surface area contributed by atoms with Crippen molar-refractivity contribution >= 4 is 0 Å². The second kappa shape index (κ2) is 1.20. The molecule has 0 saturated carbocycles. The van der Waals surface area contributed by atoms with Gasteiger partial charge in [-0.2, -0.15) is 0 Å². The van der Waals surface area contributed by atoms with E-state index in [1.54, 1.807) is 0 Å². The second-order valence-electron chi connectivity index (χ2n) is 2.17. The van der Waals surface area contributed by atoms with Crippen LogP contribution in [0.5, 0.6) is 0 Å². The van der Waals surface area contributed by atoms with Crippen LogP contribution in [0.2, 0.25) is 0 Å². The molecular formula is C5H9NO. The maximum Gasteiger partial charge on any atom is 0.123 e. The summed E-state index contributed by atoms with van der Waals surface area (Å²) >= 11 is 0. The second-order valence-corrected chi connectivity index (χ2v) is 2.17. The molecule has 7 heavy (non-hydrogen) atoms. The minimum Gasteiger partial charge on any atom is -0.362 e. The zero-order valence-corrected chi connectivity index (χ0v) is 4.26. The van der Waals surface area contributed by atoms with E-state index in [9.17, 15) is 0 Å². The summed E-state index contributed by atoms with van der Waals surface area (Å²) in [4.78, 5) is 2.34. The van der Waals surface area contributed by atoms with Crippen LogP contribution in [-0.2, 0) is 4.74 Å². The van der Waals surface area contributed by atoms with Crippen molar-refractivity contribution in [1.82, 2.24) is 4.90 Å². The number of hydrogen-bond acceptors (Lipinski definition) is 2. The first-order valence-corrected chi connectivity index (χ1v) is 2.82. The summed E-state index contributed by atoms with van der Waals surface area (Å²) < 4.78 is 5.28. The summed E-state index contributed by atoms with van der Waals surface area (Å²) in [6.45, 7) is 3.45. The van der Waals surface area contributed by atoms with Gasteiger partial charge < -0.3 is 4.74 Å². The highest BCUT2D eigenvalue weighted by atomic mass is 16.5. The Bertz CT molecular complexity index is 74.1. The van der Waals surface area contributed by atoms with Gasteiger partial charge in [0, 0.05) is 19.7 Å². The van der Waals surface area contributed by atoms with Gasteiger partial charge in [-0.15, -0.1) is 0 Å². The lowest BCUT2D eigenvalue weighted by atomic mass is 10.4. The largest absolute Gasteiger partial charge is 0.362 e. The van der Waals surface area contributed by atoms with E-state index in [1.165, 1.54) is 19.5 Å². The number of ether oxygens (including phenoxy) is 1. The molecule has 0 aromatic carbocycles. The fourth-order valence-corrected chi connectivity index (χ4v) is 1.03. The molecule has 0 N–H and O–H groups in total. The molecule has 2 nitrogen and oxygen atoms in total. The monoisotopic (exact) mass is 99.1 g/mol. The third-order valence-electron chi connectivity index (χ3n) is 1.56. The van der Waals surface area contributed by atoms with Gasteiger partial charge in [-0.05, 0) is 6.42 Å². The number of nitrogens with zero attached hydrogens (tertiary/aromatic N) is 1. The normalized spacial score (nSPS) is 48.0. The highest BCUT2D eigenvalue weighted by Gasteiger charge is 2.36. The summed E-state index contributed by atoms with van der Waals surface area (Å²) in [5.41, 5.74) is 0. The zero-order chi connectivity index (χ0) is 4.69. The van der Waals surface area contributed by atoms with Crippen LogP contribution in [0.25, 0.3) is 0 Å². The Balaban J connectivity index is 1.95. The molecule has 0 spiro atoms. The average molecular weight is 99.1 g/mol. The van der Waals surface area contributed by atoms with Crippen LogP contribution in [0.1, 0.15) is 6.42 Å². The Morgan fingerprint density at radius 2 is 2.57 bits per heavy atom. The van der Waals surface area contributed by atoms with Gasteiger partial charge in [-0.1, -0.05) is 0 Å². The molecule has 0 radical (unpaired) electrons. The van der Waals surface area contributed by atoms with E-state index in [0.29, 0.717) is 6.23 Å². The Morgan fingerprint density at radius 1 is 1.57 bits per heavy atom. The SMILES string of the molecule is C1COC2CN2C1. The van der Waals surface area contributed by atoms with E-state index >= 15 is 0 Å². The van der Waals surface area contributed by atoms with E-state index in [2.05, 4.69) is 4.90 Å². The average Bonchev–Trinajstić information content (AvgIpc) is 2.41. The molecule has 2 aliphatic rings. The fraction of sp³-hybridized carbons (Fsp3) is 1.00. The Hall–Kier alpha value is -0.0800. The van der Waals surface area contributed by atoms with Crippen LogP contribution in [0, 0.1) is 0 Å². The van der Waals surface area contributed by atoms with Gasteiger partial charge in [0.05, 0.1) is 0 Å². The molecule has 0 aromatic rings. The van der Waals surface area contributed by atoms with Crippen molar-refractivity contribution in [2.45, 2.75) is 12.6 Å².